The normalized spacial score (nSPS) is 13.5. The van der Waals surface area contributed by atoms with Gasteiger partial charge in [0.05, 0.1) is 29.3 Å². The molecule has 272 valence electrons. The maximum Gasteiger partial charge on any atom is 0.461 e. The van der Waals surface area contributed by atoms with Crippen molar-refractivity contribution in [2.24, 2.45) is 0 Å². The molecule has 0 radical (unpaired) electrons. The molecule has 0 unspecified atom stereocenters. The van der Waals surface area contributed by atoms with Gasteiger partial charge in [0.1, 0.15) is 23.2 Å². The molecule has 0 aliphatic heterocycles. The quantitative estimate of drug-likeness (QED) is 0.130. The molecule has 0 saturated heterocycles. The number of hydrogen-bond donors (Lipinski definition) is 1. The molecule has 0 spiro atoms. The smallest absolute Gasteiger partial charge is 0.461 e. The molecule has 0 aliphatic rings. The van der Waals surface area contributed by atoms with Gasteiger partial charge in [-0.3, -0.25) is 4.79 Å². The molecule has 1 atom stereocenters. The molecule has 1 N–H and O–H groups in total. The van der Waals surface area contributed by atoms with Crippen LogP contribution in [0, 0.1) is 17.5 Å². The minimum Gasteiger partial charge on any atom is -0.465 e. The molecular formula is C33H20F13NO4. The number of nitrogens with one attached hydrogen (secondary N) is 1. The zero-order chi connectivity index (χ0) is 38.1. The maximum atomic E-state index is 15.1. The molecule has 0 aromatic heterocycles. The molecule has 4 aromatic carbocycles. The zero-order valence-electron chi connectivity index (χ0n) is 25.3. The van der Waals surface area contributed by atoms with Gasteiger partial charge < -0.3 is 14.8 Å². The van der Waals surface area contributed by atoms with Gasteiger partial charge in [-0.1, -0.05) is 18.2 Å². The molecule has 0 fully saturated rings. The first kappa shape index (κ1) is 38.5. The molecule has 0 bridgehead atoms. The molecule has 51 heavy (non-hydrogen) atoms. The van der Waals surface area contributed by atoms with Gasteiger partial charge >= 0.3 is 30.9 Å². The second kappa shape index (κ2) is 14.1. The lowest BCUT2D eigenvalue weighted by Gasteiger charge is -2.37. The number of esters is 1. The van der Waals surface area contributed by atoms with Crippen molar-refractivity contribution in [1.82, 2.24) is 5.32 Å². The number of benzene rings is 4. The highest BCUT2D eigenvalue weighted by Crippen LogP contribution is 2.41. The number of carbonyl (C=O) groups excluding carboxylic acids is 2. The summed E-state index contributed by atoms with van der Waals surface area (Å²) in [6, 6.07) is 7.43. The van der Waals surface area contributed by atoms with E-state index in [1.54, 1.807) is 0 Å². The third kappa shape index (κ3) is 8.54. The first-order valence-electron chi connectivity index (χ1n) is 14.0. The van der Waals surface area contributed by atoms with Gasteiger partial charge in [0.25, 0.3) is 5.91 Å². The predicted molar refractivity (Wildman–Crippen MR) is 151 cm³/mol. The van der Waals surface area contributed by atoms with Crippen LogP contribution in [-0.2, 0) is 29.0 Å². The average molecular weight is 742 g/mol. The Morgan fingerprint density at radius 3 is 1.78 bits per heavy atom. The number of hydrogen-bond acceptors (Lipinski definition) is 4. The monoisotopic (exact) mass is 741 g/mol. The number of methoxy groups -OCH3 is 1. The fourth-order valence-electron chi connectivity index (χ4n) is 4.97. The van der Waals surface area contributed by atoms with Gasteiger partial charge in [-0.2, -0.15) is 43.9 Å². The van der Waals surface area contributed by atoms with E-state index in [1.807, 2.05) is 0 Å². The fraction of sp³-hybridized carbons (Fsp3) is 0.212. The van der Waals surface area contributed by atoms with Crippen molar-refractivity contribution in [1.29, 1.82) is 0 Å². The van der Waals surface area contributed by atoms with Crippen LogP contribution < -0.4 is 10.1 Å². The summed E-state index contributed by atoms with van der Waals surface area (Å²) in [5.41, 5.74) is -9.40. The standard InChI is InChI=1S/C33H20F13NO4/c1-50-28(49)17-4-2-16(3-5-17)15-30(19-7-9-26(36)24(13-19)32(42,43)44,20-11-21(34)14-22(12-20)51-33(45,46)29(37)38)47-27(48)18-6-8-25(35)23(10-18)31(39,40)41/h2-14,29H,15H2,1H3,(H,47,48)/t30-/m1/s1. The Labute approximate surface area is 278 Å². The van der Waals surface area contributed by atoms with E-state index in [1.165, 1.54) is 0 Å². The third-order valence-corrected chi connectivity index (χ3v) is 7.34. The summed E-state index contributed by atoms with van der Waals surface area (Å²) in [5, 5.41) is 2.14. The van der Waals surface area contributed by atoms with Crippen molar-refractivity contribution >= 4 is 11.9 Å². The van der Waals surface area contributed by atoms with Crippen LogP contribution >= 0.6 is 0 Å². The Hall–Kier alpha value is -5.29. The van der Waals surface area contributed by atoms with Crippen LogP contribution in [0.4, 0.5) is 57.1 Å². The molecule has 0 aliphatic carbocycles. The summed E-state index contributed by atoms with van der Waals surface area (Å²) in [4.78, 5) is 25.7. The van der Waals surface area contributed by atoms with Crippen molar-refractivity contribution in [3.05, 3.63) is 135 Å². The largest absolute Gasteiger partial charge is 0.465 e. The first-order valence-corrected chi connectivity index (χ1v) is 14.0. The highest BCUT2D eigenvalue weighted by atomic mass is 19.4. The Balaban J connectivity index is 2.07. The number of halogens is 13. The molecule has 1 amide bonds. The molecule has 4 rings (SSSR count). The first-order chi connectivity index (χ1) is 23.6. The van der Waals surface area contributed by atoms with Crippen LogP contribution in [0.3, 0.4) is 0 Å². The van der Waals surface area contributed by atoms with Crippen molar-refractivity contribution in [3.63, 3.8) is 0 Å². The summed E-state index contributed by atoms with van der Waals surface area (Å²) in [6.45, 7) is 0. The van der Waals surface area contributed by atoms with Crippen LogP contribution in [0.15, 0.2) is 78.9 Å². The second-order valence-electron chi connectivity index (χ2n) is 10.7. The van der Waals surface area contributed by atoms with Crippen LogP contribution in [0.25, 0.3) is 0 Å². The summed E-state index contributed by atoms with van der Waals surface area (Å²) < 4.78 is 189. The fourth-order valence-corrected chi connectivity index (χ4v) is 4.97. The highest BCUT2D eigenvalue weighted by molar-refractivity contribution is 5.95. The maximum absolute atomic E-state index is 15.1. The predicted octanol–water partition coefficient (Wildman–Crippen LogP) is 9.08. The van der Waals surface area contributed by atoms with Crippen LogP contribution in [0.2, 0.25) is 0 Å². The van der Waals surface area contributed by atoms with E-state index in [-0.39, 0.29) is 41.5 Å². The van der Waals surface area contributed by atoms with Crippen LogP contribution in [0.1, 0.15) is 48.5 Å². The third-order valence-electron chi connectivity index (χ3n) is 7.34. The minimum absolute atomic E-state index is 0.0374. The molecule has 0 saturated carbocycles. The van der Waals surface area contributed by atoms with Gasteiger partial charge in [0.2, 0.25) is 0 Å². The van der Waals surface area contributed by atoms with E-state index < -0.39 is 99.7 Å². The van der Waals surface area contributed by atoms with Gasteiger partial charge in [0, 0.05) is 18.1 Å². The number of rotatable bonds is 10. The van der Waals surface area contributed by atoms with Crippen molar-refractivity contribution < 1.29 is 76.1 Å². The Morgan fingerprint density at radius 2 is 1.24 bits per heavy atom. The minimum atomic E-state index is -5.44. The van der Waals surface area contributed by atoms with Gasteiger partial charge in [-0.25, -0.2) is 18.0 Å². The lowest BCUT2D eigenvalue weighted by Crippen LogP contribution is -2.49. The van der Waals surface area contributed by atoms with Gasteiger partial charge in [0.15, 0.2) is 0 Å². The summed E-state index contributed by atoms with van der Waals surface area (Å²) >= 11 is 0. The Bertz CT molecular complexity index is 1930. The molecule has 18 heteroatoms. The van der Waals surface area contributed by atoms with Crippen LogP contribution in [-0.4, -0.2) is 31.5 Å². The van der Waals surface area contributed by atoms with E-state index in [9.17, 15) is 62.3 Å². The number of carbonyl (C=O) groups is 2. The second-order valence-corrected chi connectivity index (χ2v) is 10.7. The summed E-state index contributed by atoms with van der Waals surface area (Å²) in [5.74, 6) is -9.05. The lowest BCUT2D eigenvalue weighted by atomic mass is 9.76. The molecule has 0 heterocycles. The van der Waals surface area contributed by atoms with Crippen molar-refractivity contribution in [3.8, 4) is 5.75 Å². The van der Waals surface area contributed by atoms with E-state index in [0.717, 1.165) is 31.4 Å². The molecular weight excluding hydrogens is 721 g/mol. The topological polar surface area (TPSA) is 64.6 Å². The van der Waals surface area contributed by atoms with Gasteiger partial charge in [-0.05, 0) is 71.3 Å². The number of alkyl halides is 10. The summed E-state index contributed by atoms with van der Waals surface area (Å²) in [6.07, 6.45) is -21.4. The van der Waals surface area contributed by atoms with Crippen LogP contribution in [0.5, 0.6) is 5.75 Å². The lowest BCUT2D eigenvalue weighted by molar-refractivity contribution is -0.253. The van der Waals surface area contributed by atoms with Crippen molar-refractivity contribution in [2.45, 2.75) is 36.8 Å². The van der Waals surface area contributed by atoms with E-state index in [4.69, 9.17) is 0 Å². The zero-order valence-corrected chi connectivity index (χ0v) is 25.3. The number of ether oxygens (including phenoxy) is 2. The van der Waals surface area contributed by atoms with E-state index in [2.05, 4.69) is 14.8 Å². The van der Waals surface area contributed by atoms with Crippen molar-refractivity contribution in [2.75, 3.05) is 7.11 Å². The van der Waals surface area contributed by atoms with E-state index in [0.29, 0.717) is 24.3 Å². The molecule has 4 aromatic rings. The Kier molecular flexibility index (Phi) is 10.7. The number of amides is 1. The van der Waals surface area contributed by atoms with Gasteiger partial charge in [-0.15, -0.1) is 0 Å². The Morgan fingerprint density at radius 1 is 0.686 bits per heavy atom. The highest BCUT2D eigenvalue weighted by Gasteiger charge is 2.46. The van der Waals surface area contributed by atoms with E-state index >= 15 is 4.39 Å². The SMILES string of the molecule is COC(=O)c1ccc(C[C@](NC(=O)c2ccc(F)c(C(F)(F)F)c2)(c2cc(F)cc(OC(F)(F)C(F)F)c2)c2ccc(F)c(C(F)(F)F)c2)cc1. The summed E-state index contributed by atoms with van der Waals surface area (Å²) in [7, 11) is 1.03. The molecule has 5 nitrogen and oxygen atoms in total. The average Bonchev–Trinajstić information content (AvgIpc) is 3.03.